The smallest absolute Gasteiger partial charge is 0.176 e. The minimum Gasteiger partial charge on any atom is -0.332 e. The van der Waals surface area contributed by atoms with Gasteiger partial charge in [0.1, 0.15) is 5.82 Å². The van der Waals surface area contributed by atoms with Crippen molar-refractivity contribution in [1.29, 1.82) is 0 Å². The van der Waals surface area contributed by atoms with Gasteiger partial charge in [0.2, 0.25) is 0 Å². The number of benzene rings is 2. The molecule has 28 heavy (non-hydrogen) atoms. The van der Waals surface area contributed by atoms with E-state index in [-0.39, 0.29) is 5.82 Å². The predicted molar refractivity (Wildman–Crippen MR) is 120 cm³/mol. The van der Waals surface area contributed by atoms with Crippen LogP contribution in [-0.2, 0) is 6.54 Å². The normalized spacial score (nSPS) is 11.9. The van der Waals surface area contributed by atoms with Gasteiger partial charge in [0.15, 0.2) is 10.9 Å². The molecule has 3 aromatic rings. The molecule has 0 spiro atoms. The molecule has 0 bridgehead atoms. The average molecular weight is 461 g/mol. The quantitative estimate of drug-likeness (QED) is 0.432. The number of rotatable bonds is 6. The Balaban J connectivity index is 1.63. The van der Waals surface area contributed by atoms with Crippen LogP contribution in [0.15, 0.2) is 59.2 Å². The van der Waals surface area contributed by atoms with Gasteiger partial charge in [0.05, 0.1) is 11.0 Å². The van der Waals surface area contributed by atoms with E-state index in [0.717, 1.165) is 16.6 Å². The van der Waals surface area contributed by atoms with E-state index in [1.54, 1.807) is 23.0 Å². The molecule has 2 N–H and O–H groups in total. The number of nitrogens with zero attached hydrogens (tertiary/aromatic N) is 2. The molecule has 0 saturated carbocycles. The van der Waals surface area contributed by atoms with Crippen LogP contribution in [0, 0.1) is 5.82 Å². The summed E-state index contributed by atoms with van der Waals surface area (Å²) in [6, 6.07) is 14.9. The average Bonchev–Trinajstić information content (AvgIpc) is 3.02. The number of anilines is 2. The molecular formula is C21H22BrFN4S. The van der Waals surface area contributed by atoms with Crippen molar-refractivity contribution in [2.45, 2.75) is 32.7 Å². The van der Waals surface area contributed by atoms with E-state index in [0.29, 0.717) is 29.0 Å². The van der Waals surface area contributed by atoms with Crippen LogP contribution in [0.5, 0.6) is 0 Å². The van der Waals surface area contributed by atoms with Crippen molar-refractivity contribution >= 4 is 44.8 Å². The Morgan fingerprint density at radius 1 is 1.18 bits per heavy atom. The Bertz CT molecular complexity index is 955. The lowest BCUT2D eigenvalue weighted by atomic mass is 9.99. The molecule has 0 fully saturated rings. The standard InChI is InChI=1S/C21H22BrFN4S/c1-3-14(2)15-8-10-17(11-9-15)24-21(28)25-20-18(22)13-27(26-20)12-16-6-4-5-7-19(16)23/h4-11,13-14H,3,12H2,1-2H3,(H2,24,25,26,28). The van der Waals surface area contributed by atoms with E-state index >= 15 is 0 Å². The van der Waals surface area contributed by atoms with Crippen LogP contribution in [0.4, 0.5) is 15.9 Å². The fraction of sp³-hybridized carbons (Fsp3) is 0.238. The summed E-state index contributed by atoms with van der Waals surface area (Å²) in [6.07, 6.45) is 2.90. The molecule has 1 unspecified atom stereocenters. The Morgan fingerprint density at radius 3 is 2.57 bits per heavy atom. The maximum absolute atomic E-state index is 13.8. The first kappa shape index (κ1) is 20.5. The van der Waals surface area contributed by atoms with Gasteiger partial charge in [0, 0.05) is 17.4 Å². The minimum atomic E-state index is -0.248. The Hall–Kier alpha value is -2.25. The summed E-state index contributed by atoms with van der Waals surface area (Å²) in [5.41, 5.74) is 2.79. The summed E-state index contributed by atoms with van der Waals surface area (Å²) in [7, 11) is 0. The third-order valence-electron chi connectivity index (χ3n) is 4.59. The second-order valence-electron chi connectivity index (χ2n) is 6.63. The van der Waals surface area contributed by atoms with Crippen LogP contribution in [0.3, 0.4) is 0 Å². The number of halogens is 2. The lowest BCUT2D eigenvalue weighted by Gasteiger charge is -2.12. The highest BCUT2D eigenvalue weighted by molar-refractivity contribution is 9.10. The van der Waals surface area contributed by atoms with Crippen LogP contribution in [0.25, 0.3) is 0 Å². The molecule has 0 aliphatic heterocycles. The van der Waals surface area contributed by atoms with Gasteiger partial charge in [-0.3, -0.25) is 4.68 Å². The summed E-state index contributed by atoms with van der Waals surface area (Å²) in [5.74, 6) is 0.861. The zero-order valence-corrected chi connectivity index (χ0v) is 18.1. The second-order valence-corrected chi connectivity index (χ2v) is 7.89. The van der Waals surface area contributed by atoms with Gasteiger partial charge < -0.3 is 10.6 Å². The molecular weight excluding hydrogens is 439 g/mol. The molecule has 1 aromatic heterocycles. The van der Waals surface area contributed by atoms with E-state index in [4.69, 9.17) is 12.2 Å². The molecule has 3 rings (SSSR count). The van der Waals surface area contributed by atoms with Gasteiger partial charge in [-0.05, 0) is 64.2 Å². The van der Waals surface area contributed by atoms with E-state index < -0.39 is 0 Å². The molecule has 1 heterocycles. The predicted octanol–water partition coefficient (Wildman–Crippen LogP) is 6.16. The van der Waals surface area contributed by atoms with Crippen LogP contribution < -0.4 is 10.6 Å². The monoisotopic (exact) mass is 460 g/mol. The molecule has 4 nitrogen and oxygen atoms in total. The zero-order chi connectivity index (χ0) is 20.1. The van der Waals surface area contributed by atoms with Crippen LogP contribution >= 0.6 is 28.1 Å². The maximum Gasteiger partial charge on any atom is 0.176 e. The Kier molecular flexibility index (Phi) is 6.80. The first-order valence-electron chi connectivity index (χ1n) is 9.10. The van der Waals surface area contributed by atoms with Gasteiger partial charge in [-0.15, -0.1) is 0 Å². The molecule has 0 aliphatic carbocycles. The second kappa shape index (κ2) is 9.30. The van der Waals surface area contributed by atoms with Crippen LogP contribution in [0.2, 0.25) is 0 Å². The van der Waals surface area contributed by atoms with E-state index in [9.17, 15) is 4.39 Å². The highest BCUT2D eigenvalue weighted by Crippen LogP contribution is 2.23. The summed E-state index contributed by atoms with van der Waals surface area (Å²) < 4.78 is 16.2. The van der Waals surface area contributed by atoms with Crippen LogP contribution in [-0.4, -0.2) is 14.9 Å². The Morgan fingerprint density at radius 2 is 1.89 bits per heavy atom. The molecule has 2 aromatic carbocycles. The third kappa shape index (κ3) is 5.17. The summed E-state index contributed by atoms with van der Waals surface area (Å²) in [6.45, 7) is 4.73. The van der Waals surface area contributed by atoms with Gasteiger partial charge in [-0.1, -0.05) is 44.2 Å². The van der Waals surface area contributed by atoms with Crippen molar-refractivity contribution < 1.29 is 4.39 Å². The van der Waals surface area contributed by atoms with E-state index in [2.05, 4.69) is 57.6 Å². The number of hydrogen-bond acceptors (Lipinski definition) is 2. The van der Waals surface area contributed by atoms with Crippen molar-refractivity contribution in [3.05, 3.63) is 76.1 Å². The molecule has 146 valence electrons. The highest BCUT2D eigenvalue weighted by atomic mass is 79.9. The topological polar surface area (TPSA) is 41.9 Å². The molecule has 0 saturated heterocycles. The van der Waals surface area contributed by atoms with Gasteiger partial charge >= 0.3 is 0 Å². The largest absolute Gasteiger partial charge is 0.332 e. The number of nitrogens with one attached hydrogen (secondary N) is 2. The SMILES string of the molecule is CCC(C)c1ccc(NC(=S)Nc2nn(Cc3ccccc3F)cc2Br)cc1. The van der Waals surface area contributed by atoms with Crippen molar-refractivity contribution in [3.63, 3.8) is 0 Å². The fourth-order valence-electron chi connectivity index (χ4n) is 2.76. The minimum absolute atomic E-state index is 0.248. The lowest BCUT2D eigenvalue weighted by Crippen LogP contribution is -2.19. The lowest BCUT2D eigenvalue weighted by molar-refractivity contribution is 0.586. The van der Waals surface area contributed by atoms with Crippen molar-refractivity contribution in [2.24, 2.45) is 0 Å². The number of hydrogen-bond donors (Lipinski definition) is 2. The van der Waals surface area contributed by atoms with Crippen molar-refractivity contribution in [3.8, 4) is 0 Å². The molecule has 7 heteroatoms. The number of aromatic nitrogens is 2. The van der Waals surface area contributed by atoms with Gasteiger partial charge in [-0.2, -0.15) is 5.10 Å². The summed E-state index contributed by atoms with van der Waals surface area (Å²) in [5, 5.41) is 11.1. The maximum atomic E-state index is 13.8. The van der Waals surface area contributed by atoms with Gasteiger partial charge in [0.25, 0.3) is 0 Å². The Labute approximate surface area is 178 Å². The van der Waals surface area contributed by atoms with E-state index in [1.165, 1.54) is 11.6 Å². The zero-order valence-electron chi connectivity index (χ0n) is 15.7. The highest BCUT2D eigenvalue weighted by Gasteiger charge is 2.10. The molecule has 1 atom stereocenters. The third-order valence-corrected chi connectivity index (χ3v) is 5.37. The summed E-state index contributed by atoms with van der Waals surface area (Å²) >= 11 is 8.86. The molecule has 0 amide bonds. The van der Waals surface area contributed by atoms with E-state index in [1.807, 2.05) is 18.2 Å². The first-order valence-corrected chi connectivity index (χ1v) is 10.3. The fourth-order valence-corrected chi connectivity index (χ4v) is 3.39. The molecule has 0 radical (unpaired) electrons. The van der Waals surface area contributed by atoms with Gasteiger partial charge in [-0.25, -0.2) is 4.39 Å². The summed E-state index contributed by atoms with van der Waals surface area (Å²) in [4.78, 5) is 0. The van der Waals surface area contributed by atoms with Crippen molar-refractivity contribution in [2.75, 3.05) is 10.6 Å². The molecule has 0 aliphatic rings. The number of thiocarbonyl (C=S) groups is 1. The first-order chi connectivity index (χ1) is 13.5. The van der Waals surface area contributed by atoms with Crippen LogP contribution in [0.1, 0.15) is 37.3 Å². The van der Waals surface area contributed by atoms with Crippen molar-refractivity contribution in [1.82, 2.24) is 9.78 Å².